The molecule has 4 nitrogen and oxygen atoms in total. The molecule has 0 radical (unpaired) electrons. The van der Waals surface area contributed by atoms with E-state index in [1.165, 1.54) is 18.3 Å². The lowest BCUT2D eigenvalue weighted by molar-refractivity contribution is 0.0742. The standard InChI is InChI=1S/C15H14Cl2N2O2/c1-9(12-5-4-11(16)7-13(12)17)19(2)15(21)10-3-6-14(20)18-8-10/h3-9H,1-2H3,(H,18,20)/t9-/m1/s1. The van der Waals surface area contributed by atoms with Crippen molar-refractivity contribution >= 4 is 29.1 Å². The lowest BCUT2D eigenvalue weighted by Crippen LogP contribution is -2.30. The summed E-state index contributed by atoms with van der Waals surface area (Å²) in [6, 6.07) is 7.76. The van der Waals surface area contributed by atoms with Crippen LogP contribution in [0.3, 0.4) is 0 Å². The summed E-state index contributed by atoms with van der Waals surface area (Å²) in [5.74, 6) is -0.204. The summed E-state index contributed by atoms with van der Waals surface area (Å²) >= 11 is 12.0. The van der Waals surface area contributed by atoms with Crippen LogP contribution in [-0.2, 0) is 0 Å². The minimum Gasteiger partial charge on any atom is -0.335 e. The van der Waals surface area contributed by atoms with E-state index in [1.807, 2.05) is 6.92 Å². The number of nitrogens with one attached hydrogen (secondary N) is 1. The van der Waals surface area contributed by atoms with Gasteiger partial charge >= 0.3 is 0 Å². The van der Waals surface area contributed by atoms with Gasteiger partial charge in [0.15, 0.2) is 0 Å². The maximum absolute atomic E-state index is 12.4. The number of amides is 1. The summed E-state index contributed by atoms with van der Waals surface area (Å²) in [6.07, 6.45) is 1.40. The first-order chi connectivity index (χ1) is 9.90. The van der Waals surface area contributed by atoms with Crippen molar-refractivity contribution < 1.29 is 4.79 Å². The van der Waals surface area contributed by atoms with E-state index in [0.29, 0.717) is 15.6 Å². The maximum Gasteiger partial charge on any atom is 0.255 e. The zero-order valence-corrected chi connectivity index (χ0v) is 13.1. The Labute approximate surface area is 132 Å². The number of carbonyl (C=O) groups excluding carboxylic acids is 1. The summed E-state index contributed by atoms with van der Waals surface area (Å²) in [4.78, 5) is 27.5. The molecule has 6 heteroatoms. The molecule has 0 bridgehead atoms. The minimum absolute atomic E-state index is 0.204. The lowest BCUT2D eigenvalue weighted by Gasteiger charge is -2.26. The molecule has 1 amide bonds. The van der Waals surface area contributed by atoms with Gasteiger partial charge in [-0.15, -0.1) is 0 Å². The molecule has 0 saturated carbocycles. The van der Waals surface area contributed by atoms with Crippen molar-refractivity contribution in [1.82, 2.24) is 9.88 Å². The number of rotatable bonds is 3. The number of benzene rings is 1. The second kappa shape index (κ2) is 6.33. The Hall–Kier alpha value is -1.78. The fourth-order valence-corrected chi connectivity index (χ4v) is 2.54. The molecular formula is C15H14Cl2N2O2. The highest BCUT2D eigenvalue weighted by Gasteiger charge is 2.20. The Kier molecular flexibility index (Phi) is 4.70. The molecule has 110 valence electrons. The van der Waals surface area contributed by atoms with Gasteiger partial charge in [-0.2, -0.15) is 0 Å². The van der Waals surface area contributed by atoms with Gasteiger partial charge in [-0.3, -0.25) is 9.59 Å². The summed E-state index contributed by atoms with van der Waals surface area (Å²) in [6.45, 7) is 1.87. The van der Waals surface area contributed by atoms with Gasteiger partial charge < -0.3 is 9.88 Å². The normalized spacial score (nSPS) is 12.0. The highest BCUT2D eigenvalue weighted by molar-refractivity contribution is 6.35. The van der Waals surface area contributed by atoms with Crippen molar-refractivity contribution in [1.29, 1.82) is 0 Å². The second-order valence-corrected chi connectivity index (χ2v) is 5.54. The van der Waals surface area contributed by atoms with E-state index in [-0.39, 0.29) is 17.5 Å². The van der Waals surface area contributed by atoms with Gasteiger partial charge in [-0.25, -0.2) is 0 Å². The molecule has 2 rings (SSSR count). The summed E-state index contributed by atoms with van der Waals surface area (Å²) < 4.78 is 0. The average Bonchev–Trinajstić information content (AvgIpc) is 2.46. The van der Waals surface area contributed by atoms with Crippen molar-refractivity contribution in [3.63, 3.8) is 0 Å². The van der Waals surface area contributed by atoms with Crippen LogP contribution in [0, 0.1) is 0 Å². The number of halogens is 2. The molecular weight excluding hydrogens is 311 g/mol. The first-order valence-electron chi connectivity index (χ1n) is 6.31. The Morgan fingerprint density at radius 1 is 1.24 bits per heavy atom. The molecule has 0 spiro atoms. The predicted molar refractivity (Wildman–Crippen MR) is 84.0 cm³/mol. The van der Waals surface area contributed by atoms with Crippen molar-refractivity contribution in [3.05, 3.63) is 68.1 Å². The van der Waals surface area contributed by atoms with E-state index in [2.05, 4.69) is 4.98 Å². The number of hydrogen-bond donors (Lipinski definition) is 1. The number of aromatic nitrogens is 1. The SMILES string of the molecule is C[C@H](c1ccc(Cl)cc1Cl)N(C)C(=O)c1ccc(=O)[nH]c1. The fraction of sp³-hybridized carbons (Fsp3) is 0.200. The van der Waals surface area contributed by atoms with Gasteiger partial charge in [0.2, 0.25) is 5.56 Å². The van der Waals surface area contributed by atoms with Crippen LogP contribution in [0.2, 0.25) is 10.0 Å². The van der Waals surface area contributed by atoms with Crippen LogP contribution < -0.4 is 5.56 Å². The van der Waals surface area contributed by atoms with Crippen molar-refractivity contribution in [2.45, 2.75) is 13.0 Å². The minimum atomic E-state index is -0.247. The quantitative estimate of drug-likeness (QED) is 0.939. The molecule has 0 unspecified atom stereocenters. The molecule has 0 aliphatic heterocycles. The third-order valence-electron chi connectivity index (χ3n) is 3.35. The van der Waals surface area contributed by atoms with Crippen LogP contribution in [0.1, 0.15) is 28.9 Å². The van der Waals surface area contributed by atoms with Gasteiger partial charge in [-0.05, 0) is 30.7 Å². The van der Waals surface area contributed by atoms with Crippen molar-refractivity contribution in [2.75, 3.05) is 7.05 Å². The molecule has 0 fully saturated rings. The molecule has 1 atom stereocenters. The molecule has 1 aromatic heterocycles. The molecule has 2 aromatic rings. The van der Waals surface area contributed by atoms with Crippen molar-refractivity contribution in [2.24, 2.45) is 0 Å². The van der Waals surface area contributed by atoms with Crippen LogP contribution >= 0.6 is 23.2 Å². The van der Waals surface area contributed by atoms with Gasteiger partial charge in [-0.1, -0.05) is 29.3 Å². The number of pyridine rings is 1. The third-order valence-corrected chi connectivity index (χ3v) is 3.91. The number of aromatic amines is 1. The van der Waals surface area contributed by atoms with E-state index in [4.69, 9.17) is 23.2 Å². The number of H-pyrrole nitrogens is 1. The van der Waals surface area contributed by atoms with E-state index in [1.54, 1.807) is 30.1 Å². The smallest absolute Gasteiger partial charge is 0.255 e. The van der Waals surface area contributed by atoms with Crippen LogP contribution in [0.15, 0.2) is 41.3 Å². The van der Waals surface area contributed by atoms with Gasteiger partial charge in [0.1, 0.15) is 0 Å². The lowest BCUT2D eigenvalue weighted by atomic mass is 10.1. The van der Waals surface area contributed by atoms with Crippen LogP contribution in [0.25, 0.3) is 0 Å². The summed E-state index contributed by atoms with van der Waals surface area (Å²) in [5, 5.41) is 1.06. The average molecular weight is 325 g/mol. The van der Waals surface area contributed by atoms with E-state index in [9.17, 15) is 9.59 Å². The van der Waals surface area contributed by atoms with E-state index < -0.39 is 0 Å². The van der Waals surface area contributed by atoms with Gasteiger partial charge in [0, 0.05) is 29.4 Å². The van der Waals surface area contributed by atoms with Crippen LogP contribution in [0.5, 0.6) is 0 Å². The Morgan fingerprint density at radius 3 is 2.52 bits per heavy atom. The Balaban J connectivity index is 2.26. The summed E-state index contributed by atoms with van der Waals surface area (Å²) in [5.41, 5.74) is 0.971. The second-order valence-electron chi connectivity index (χ2n) is 4.70. The maximum atomic E-state index is 12.4. The molecule has 0 saturated heterocycles. The zero-order valence-electron chi connectivity index (χ0n) is 11.6. The molecule has 1 N–H and O–H groups in total. The number of nitrogens with zero attached hydrogens (tertiary/aromatic N) is 1. The largest absolute Gasteiger partial charge is 0.335 e. The molecule has 1 aromatic carbocycles. The van der Waals surface area contributed by atoms with E-state index in [0.717, 1.165) is 5.56 Å². The molecule has 0 aliphatic carbocycles. The molecule has 21 heavy (non-hydrogen) atoms. The predicted octanol–water partition coefficient (Wildman–Crippen LogP) is 3.51. The Morgan fingerprint density at radius 2 is 1.95 bits per heavy atom. The topological polar surface area (TPSA) is 53.2 Å². The monoisotopic (exact) mass is 324 g/mol. The first-order valence-corrected chi connectivity index (χ1v) is 7.06. The Bertz CT molecular complexity index is 707. The highest BCUT2D eigenvalue weighted by Crippen LogP contribution is 2.29. The summed E-state index contributed by atoms with van der Waals surface area (Å²) in [7, 11) is 1.68. The highest BCUT2D eigenvalue weighted by atomic mass is 35.5. The van der Waals surface area contributed by atoms with E-state index >= 15 is 0 Å². The van der Waals surface area contributed by atoms with Crippen LogP contribution in [-0.4, -0.2) is 22.8 Å². The first kappa shape index (κ1) is 15.6. The zero-order chi connectivity index (χ0) is 15.6. The van der Waals surface area contributed by atoms with Gasteiger partial charge in [0.25, 0.3) is 5.91 Å². The van der Waals surface area contributed by atoms with Crippen LogP contribution in [0.4, 0.5) is 0 Å². The molecule has 0 aliphatic rings. The third kappa shape index (κ3) is 3.46. The number of hydrogen-bond acceptors (Lipinski definition) is 2. The fourth-order valence-electron chi connectivity index (χ4n) is 1.97. The van der Waals surface area contributed by atoms with Crippen molar-refractivity contribution in [3.8, 4) is 0 Å². The molecule has 1 heterocycles. The van der Waals surface area contributed by atoms with Gasteiger partial charge in [0.05, 0.1) is 11.6 Å². The number of carbonyl (C=O) groups is 1.